The highest BCUT2D eigenvalue weighted by Crippen LogP contribution is 2.22. The molecule has 1 aromatic carbocycles. The number of halogens is 1. The molecular formula is C18H24FN3O2. The van der Waals surface area contributed by atoms with E-state index >= 15 is 0 Å². The summed E-state index contributed by atoms with van der Waals surface area (Å²) in [5, 5.41) is 5.93. The lowest BCUT2D eigenvalue weighted by Crippen LogP contribution is -2.47. The van der Waals surface area contributed by atoms with Gasteiger partial charge in [0, 0.05) is 24.7 Å². The molecule has 5 nitrogen and oxygen atoms in total. The maximum Gasteiger partial charge on any atom is 0.315 e. The van der Waals surface area contributed by atoms with Gasteiger partial charge >= 0.3 is 6.03 Å². The Morgan fingerprint density at radius 1 is 1.00 bits per heavy atom. The Balaban J connectivity index is 1.52. The summed E-state index contributed by atoms with van der Waals surface area (Å²) in [5.41, 5.74) is 0.662. The van der Waals surface area contributed by atoms with E-state index in [4.69, 9.17) is 0 Å². The van der Waals surface area contributed by atoms with Crippen LogP contribution in [0.2, 0.25) is 0 Å². The monoisotopic (exact) mass is 333 g/mol. The van der Waals surface area contributed by atoms with Gasteiger partial charge in [0.1, 0.15) is 5.82 Å². The van der Waals surface area contributed by atoms with Crippen molar-refractivity contribution in [3.8, 4) is 0 Å². The Kier molecular flexibility index (Phi) is 5.33. The Morgan fingerprint density at radius 3 is 2.29 bits per heavy atom. The Morgan fingerprint density at radius 2 is 1.62 bits per heavy atom. The van der Waals surface area contributed by atoms with Crippen molar-refractivity contribution in [2.45, 2.75) is 57.0 Å². The fourth-order valence-corrected chi connectivity index (χ4v) is 3.51. The second kappa shape index (κ2) is 7.64. The van der Waals surface area contributed by atoms with E-state index in [1.54, 1.807) is 17.0 Å². The average Bonchev–Trinajstić information content (AvgIpc) is 2.74. The SMILES string of the molecule is O=C(NC1CCCCCC1)NC1CC(=O)N(c2ccc(F)cc2)C1. The minimum atomic E-state index is -0.331. The van der Waals surface area contributed by atoms with Crippen LogP contribution in [-0.4, -0.2) is 30.6 Å². The highest BCUT2D eigenvalue weighted by Gasteiger charge is 2.31. The summed E-state index contributed by atoms with van der Waals surface area (Å²) in [5.74, 6) is -0.385. The number of hydrogen-bond donors (Lipinski definition) is 2. The fraction of sp³-hybridized carbons (Fsp3) is 0.556. The Bertz CT molecular complexity index is 582. The number of anilines is 1. The molecule has 2 N–H and O–H groups in total. The number of rotatable bonds is 3. The molecule has 130 valence electrons. The van der Waals surface area contributed by atoms with Crippen molar-refractivity contribution in [2.24, 2.45) is 0 Å². The van der Waals surface area contributed by atoms with Gasteiger partial charge in [-0.15, -0.1) is 0 Å². The van der Waals surface area contributed by atoms with Crippen molar-refractivity contribution < 1.29 is 14.0 Å². The lowest BCUT2D eigenvalue weighted by atomic mass is 10.1. The highest BCUT2D eigenvalue weighted by atomic mass is 19.1. The van der Waals surface area contributed by atoms with Crippen LogP contribution in [0.1, 0.15) is 44.9 Å². The first-order valence-electron chi connectivity index (χ1n) is 8.75. The van der Waals surface area contributed by atoms with Gasteiger partial charge in [-0.25, -0.2) is 9.18 Å². The zero-order valence-electron chi connectivity index (χ0n) is 13.8. The zero-order chi connectivity index (χ0) is 16.9. The molecule has 1 unspecified atom stereocenters. The number of hydrogen-bond acceptors (Lipinski definition) is 2. The molecule has 3 rings (SSSR count). The molecule has 1 aliphatic heterocycles. The number of benzene rings is 1. The largest absolute Gasteiger partial charge is 0.335 e. The van der Waals surface area contributed by atoms with E-state index in [9.17, 15) is 14.0 Å². The van der Waals surface area contributed by atoms with Crippen LogP contribution >= 0.6 is 0 Å². The lowest BCUT2D eigenvalue weighted by Gasteiger charge is -2.20. The number of urea groups is 1. The van der Waals surface area contributed by atoms with Gasteiger partial charge in [0.25, 0.3) is 0 Å². The summed E-state index contributed by atoms with van der Waals surface area (Å²) in [4.78, 5) is 25.9. The first-order chi connectivity index (χ1) is 11.6. The molecule has 0 aromatic heterocycles. The van der Waals surface area contributed by atoms with E-state index in [0.29, 0.717) is 12.2 Å². The first-order valence-corrected chi connectivity index (χ1v) is 8.75. The van der Waals surface area contributed by atoms with Crippen LogP contribution in [0.25, 0.3) is 0 Å². The van der Waals surface area contributed by atoms with Crippen molar-refractivity contribution in [1.82, 2.24) is 10.6 Å². The molecular weight excluding hydrogens is 309 g/mol. The molecule has 1 saturated heterocycles. The lowest BCUT2D eigenvalue weighted by molar-refractivity contribution is -0.117. The smallest absolute Gasteiger partial charge is 0.315 e. The molecule has 24 heavy (non-hydrogen) atoms. The molecule has 3 amide bonds. The predicted octanol–water partition coefficient (Wildman–Crippen LogP) is 2.95. The third-order valence-electron chi connectivity index (χ3n) is 4.79. The number of carbonyl (C=O) groups is 2. The van der Waals surface area contributed by atoms with Gasteiger partial charge < -0.3 is 15.5 Å². The molecule has 2 aliphatic rings. The number of carbonyl (C=O) groups excluding carboxylic acids is 2. The van der Waals surface area contributed by atoms with E-state index in [1.807, 2.05) is 0 Å². The second-order valence-electron chi connectivity index (χ2n) is 6.69. The van der Waals surface area contributed by atoms with Crippen LogP contribution in [0.15, 0.2) is 24.3 Å². The third kappa shape index (κ3) is 4.24. The van der Waals surface area contributed by atoms with Crippen LogP contribution in [-0.2, 0) is 4.79 Å². The van der Waals surface area contributed by atoms with Gasteiger partial charge in [-0.3, -0.25) is 4.79 Å². The van der Waals surface area contributed by atoms with Gasteiger partial charge in [0.05, 0.1) is 6.04 Å². The molecule has 2 fully saturated rings. The molecule has 6 heteroatoms. The molecule has 0 spiro atoms. The van der Waals surface area contributed by atoms with E-state index < -0.39 is 0 Å². The van der Waals surface area contributed by atoms with Crippen molar-refractivity contribution in [3.63, 3.8) is 0 Å². The van der Waals surface area contributed by atoms with E-state index in [1.165, 1.54) is 25.0 Å². The number of amides is 3. The Hall–Kier alpha value is -2.11. The summed E-state index contributed by atoms with van der Waals surface area (Å²) in [7, 11) is 0. The van der Waals surface area contributed by atoms with Gasteiger partial charge in [0.2, 0.25) is 5.91 Å². The minimum Gasteiger partial charge on any atom is -0.335 e. The van der Waals surface area contributed by atoms with Crippen LogP contribution < -0.4 is 15.5 Å². The summed E-state index contributed by atoms with van der Waals surface area (Å²) in [6, 6.07) is 5.67. The van der Waals surface area contributed by atoms with Crippen LogP contribution in [0.5, 0.6) is 0 Å². The summed E-state index contributed by atoms with van der Waals surface area (Å²) < 4.78 is 13.0. The summed E-state index contributed by atoms with van der Waals surface area (Å²) >= 11 is 0. The quantitative estimate of drug-likeness (QED) is 0.836. The van der Waals surface area contributed by atoms with Crippen LogP contribution in [0.4, 0.5) is 14.9 Å². The number of nitrogens with zero attached hydrogens (tertiary/aromatic N) is 1. The highest BCUT2D eigenvalue weighted by molar-refractivity contribution is 5.96. The molecule has 0 bridgehead atoms. The molecule has 1 aliphatic carbocycles. The minimum absolute atomic E-state index is 0.0543. The number of nitrogens with one attached hydrogen (secondary N) is 2. The van der Waals surface area contributed by atoms with E-state index in [-0.39, 0.29) is 36.3 Å². The summed E-state index contributed by atoms with van der Waals surface area (Å²) in [6.07, 6.45) is 7.12. The maximum atomic E-state index is 13.0. The van der Waals surface area contributed by atoms with Crippen molar-refractivity contribution in [2.75, 3.05) is 11.4 Å². The van der Waals surface area contributed by atoms with Gasteiger partial charge in [-0.2, -0.15) is 0 Å². The second-order valence-corrected chi connectivity index (χ2v) is 6.69. The zero-order valence-corrected chi connectivity index (χ0v) is 13.8. The van der Waals surface area contributed by atoms with Crippen LogP contribution in [0.3, 0.4) is 0 Å². The van der Waals surface area contributed by atoms with Crippen molar-refractivity contribution in [1.29, 1.82) is 0 Å². The third-order valence-corrected chi connectivity index (χ3v) is 4.79. The van der Waals surface area contributed by atoms with Gasteiger partial charge in [-0.05, 0) is 37.1 Å². The first kappa shape index (κ1) is 16.7. The predicted molar refractivity (Wildman–Crippen MR) is 90.3 cm³/mol. The van der Waals surface area contributed by atoms with Crippen molar-refractivity contribution >= 4 is 17.6 Å². The molecule has 1 heterocycles. The molecule has 1 atom stereocenters. The molecule has 1 aromatic rings. The van der Waals surface area contributed by atoms with E-state index in [0.717, 1.165) is 25.7 Å². The topological polar surface area (TPSA) is 61.4 Å². The average molecular weight is 333 g/mol. The van der Waals surface area contributed by atoms with Gasteiger partial charge in [-0.1, -0.05) is 25.7 Å². The maximum absolute atomic E-state index is 13.0. The standard InChI is InChI=1S/C18H24FN3O2/c19-13-7-9-16(10-8-13)22-12-15(11-17(22)23)21-18(24)20-14-5-3-1-2-4-6-14/h7-10,14-15H,1-6,11-12H2,(H2,20,21,24). The van der Waals surface area contributed by atoms with Crippen LogP contribution in [0, 0.1) is 5.82 Å². The van der Waals surface area contributed by atoms with E-state index in [2.05, 4.69) is 10.6 Å². The summed E-state index contributed by atoms with van der Waals surface area (Å²) in [6.45, 7) is 0.419. The Labute approximate surface area is 141 Å². The normalized spacial score (nSPS) is 22.3. The van der Waals surface area contributed by atoms with Gasteiger partial charge in [0.15, 0.2) is 0 Å². The van der Waals surface area contributed by atoms with Crippen molar-refractivity contribution in [3.05, 3.63) is 30.1 Å². The molecule has 1 saturated carbocycles. The fourth-order valence-electron chi connectivity index (χ4n) is 3.51. The molecule has 0 radical (unpaired) electrons.